The number of fused-ring (bicyclic) bond motifs is 3. The molecule has 0 amide bonds. The Hall–Kier alpha value is -1.51. The van der Waals surface area contributed by atoms with Crippen molar-refractivity contribution in [3.63, 3.8) is 0 Å². The Kier molecular flexibility index (Phi) is 2.57. The minimum Gasteiger partial charge on any atom is -0.282 e. The van der Waals surface area contributed by atoms with Crippen molar-refractivity contribution in [2.24, 2.45) is 5.92 Å². The van der Waals surface area contributed by atoms with Crippen molar-refractivity contribution in [3.8, 4) is 0 Å². The summed E-state index contributed by atoms with van der Waals surface area (Å²) in [6.07, 6.45) is 1.62. The summed E-state index contributed by atoms with van der Waals surface area (Å²) in [5.41, 5.74) is -0.362. The largest absolute Gasteiger partial charge is 0.282 e. The molecule has 3 unspecified atom stereocenters. The lowest BCUT2D eigenvalue weighted by molar-refractivity contribution is 0.0179. The second-order valence-electron chi connectivity index (χ2n) is 6.59. The average molecular weight is 372 g/mol. The quantitative estimate of drug-likeness (QED) is 0.882. The first-order chi connectivity index (χ1) is 11.3. The molecule has 24 heavy (non-hydrogen) atoms. The summed E-state index contributed by atoms with van der Waals surface area (Å²) in [5, 5.41) is 7.05. The SMILES string of the molecule is O=S(=O)(c1ccc(Cl)cc1)N1C2CC3C(F)(F)C31Cc1[nH]ncc12. The summed E-state index contributed by atoms with van der Waals surface area (Å²) in [4.78, 5) is -0.0217. The van der Waals surface area contributed by atoms with E-state index in [4.69, 9.17) is 11.6 Å². The molecule has 1 aromatic carbocycles. The van der Waals surface area contributed by atoms with E-state index in [1.54, 1.807) is 6.20 Å². The number of hydrogen-bond acceptors (Lipinski definition) is 3. The van der Waals surface area contributed by atoms with E-state index in [1.807, 2.05) is 0 Å². The highest BCUT2D eigenvalue weighted by Gasteiger charge is 2.90. The average Bonchev–Trinajstić information content (AvgIpc) is 2.93. The molecule has 3 heterocycles. The minimum absolute atomic E-state index is 0.0217. The molecule has 9 heteroatoms. The molecular formula is C15H12ClF2N3O2S. The number of nitrogens with one attached hydrogen (secondary N) is 1. The van der Waals surface area contributed by atoms with Crippen LogP contribution in [0.2, 0.25) is 5.02 Å². The van der Waals surface area contributed by atoms with Gasteiger partial charge in [-0.1, -0.05) is 11.6 Å². The molecule has 126 valence electrons. The first-order valence-corrected chi connectivity index (χ1v) is 9.32. The van der Waals surface area contributed by atoms with Gasteiger partial charge in [-0.15, -0.1) is 0 Å². The fourth-order valence-electron chi connectivity index (χ4n) is 4.45. The third kappa shape index (κ3) is 1.48. The Morgan fingerprint density at radius 2 is 2.00 bits per heavy atom. The highest BCUT2D eigenvalue weighted by atomic mass is 35.5. The molecule has 1 N–H and O–H groups in total. The Balaban J connectivity index is 1.69. The summed E-state index contributed by atoms with van der Waals surface area (Å²) in [6.45, 7) is 0. The Morgan fingerprint density at radius 1 is 1.29 bits per heavy atom. The van der Waals surface area contributed by atoms with Crippen LogP contribution in [0.15, 0.2) is 35.4 Å². The second kappa shape index (κ2) is 4.17. The third-order valence-corrected chi connectivity index (χ3v) is 7.79. The molecule has 5 nitrogen and oxygen atoms in total. The molecular weight excluding hydrogens is 360 g/mol. The van der Waals surface area contributed by atoms with Gasteiger partial charge < -0.3 is 0 Å². The molecule has 2 bridgehead atoms. The maximum atomic E-state index is 14.5. The molecule has 2 fully saturated rings. The molecule has 2 aromatic rings. The first-order valence-electron chi connectivity index (χ1n) is 7.50. The van der Waals surface area contributed by atoms with Gasteiger partial charge in [0.2, 0.25) is 10.0 Å². The van der Waals surface area contributed by atoms with E-state index >= 15 is 0 Å². The molecule has 3 aliphatic rings. The van der Waals surface area contributed by atoms with Crippen LogP contribution in [0.25, 0.3) is 0 Å². The van der Waals surface area contributed by atoms with Crippen molar-refractivity contribution in [3.05, 3.63) is 46.7 Å². The fourth-order valence-corrected chi connectivity index (χ4v) is 6.56. The molecule has 2 aliphatic heterocycles. The van der Waals surface area contributed by atoms with Gasteiger partial charge in [0.15, 0.2) is 0 Å². The molecule has 1 saturated heterocycles. The molecule has 3 atom stereocenters. The molecule has 5 rings (SSSR count). The number of sulfonamides is 1. The highest BCUT2D eigenvalue weighted by molar-refractivity contribution is 7.89. The van der Waals surface area contributed by atoms with Crippen LogP contribution in [0.3, 0.4) is 0 Å². The van der Waals surface area contributed by atoms with E-state index in [2.05, 4.69) is 10.2 Å². The van der Waals surface area contributed by atoms with Crippen LogP contribution in [0.5, 0.6) is 0 Å². The van der Waals surface area contributed by atoms with E-state index in [-0.39, 0.29) is 17.7 Å². The molecule has 1 spiro atoms. The number of aromatic nitrogens is 2. The maximum Gasteiger partial charge on any atom is 0.272 e. The van der Waals surface area contributed by atoms with Gasteiger partial charge in [-0.25, -0.2) is 17.2 Å². The van der Waals surface area contributed by atoms with Gasteiger partial charge in [0.05, 0.1) is 23.1 Å². The number of H-pyrrole nitrogens is 1. The van der Waals surface area contributed by atoms with Crippen molar-refractivity contribution in [2.45, 2.75) is 35.2 Å². The first kappa shape index (κ1) is 14.8. The van der Waals surface area contributed by atoms with Crippen molar-refractivity contribution in [1.82, 2.24) is 14.5 Å². The van der Waals surface area contributed by atoms with Crippen LogP contribution in [0, 0.1) is 5.92 Å². The zero-order chi connectivity index (χ0) is 16.9. The predicted octanol–water partition coefficient (Wildman–Crippen LogP) is 2.76. The molecule has 0 radical (unpaired) electrons. The van der Waals surface area contributed by atoms with E-state index in [0.29, 0.717) is 16.3 Å². The van der Waals surface area contributed by atoms with Gasteiger partial charge in [-0.2, -0.15) is 9.40 Å². The molecule has 1 aliphatic carbocycles. The number of alkyl halides is 2. The van der Waals surface area contributed by atoms with Crippen LogP contribution >= 0.6 is 11.6 Å². The van der Waals surface area contributed by atoms with Gasteiger partial charge in [-0.3, -0.25) is 5.10 Å². The Bertz CT molecular complexity index is 959. The number of nitrogens with zero attached hydrogens (tertiary/aromatic N) is 2. The summed E-state index contributed by atoms with van der Waals surface area (Å²) < 4.78 is 56.3. The minimum atomic E-state index is -4.07. The van der Waals surface area contributed by atoms with Crippen molar-refractivity contribution in [1.29, 1.82) is 0 Å². The monoisotopic (exact) mass is 371 g/mol. The van der Waals surface area contributed by atoms with Crippen LogP contribution < -0.4 is 0 Å². The standard InChI is InChI=1S/C15H12ClF2N3O2S/c16-8-1-3-9(4-2-8)24(22,23)21-12-5-13-14(21,15(13,17)18)6-11-10(12)7-19-20-11/h1-4,7,12-13H,5-6H2,(H,19,20). The van der Waals surface area contributed by atoms with Crippen LogP contribution in [-0.4, -0.2) is 34.4 Å². The summed E-state index contributed by atoms with van der Waals surface area (Å²) >= 11 is 5.81. The maximum absolute atomic E-state index is 14.5. The van der Waals surface area contributed by atoms with Gasteiger partial charge >= 0.3 is 0 Å². The van der Waals surface area contributed by atoms with Crippen molar-refractivity contribution >= 4 is 21.6 Å². The van der Waals surface area contributed by atoms with Crippen LogP contribution in [-0.2, 0) is 16.4 Å². The lowest BCUT2D eigenvalue weighted by Gasteiger charge is -2.37. The lowest BCUT2D eigenvalue weighted by atomic mass is 9.97. The van der Waals surface area contributed by atoms with Gasteiger partial charge in [-0.05, 0) is 30.7 Å². The van der Waals surface area contributed by atoms with Crippen LogP contribution in [0.4, 0.5) is 8.78 Å². The van der Waals surface area contributed by atoms with E-state index in [9.17, 15) is 17.2 Å². The topological polar surface area (TPSA) is 66.1 Å². The highest BCUT2D eigenvalue weighted by Crippen LogP contribution is 2.75. The van der Waals surface area contributed by atoms with Gasteiger partial charge in [0.1, 0.15) is 5.54 Å². The third-order valence-electron chi connectivity index (χ3n) is 5.57. The van der Waals surface area contributed by atoms with E-state index < -0.39 is 33.4 Å². The fraction of sp³-hybridized carbons (Fsp3) is 0.400. The van der Waals surface area contributed by atoms with E-state index in [0.717, 1.165) is 4.31 Å². The smallest absolute Gasteiger partial charge is 0.272 e. The zero-order valence-corrected chi connectivity index (χ0v) is 13.8. The van der Waals surface area contributed by atoms with E-state index in [1.165, 1.54) is 24.3 Å². The Labute approximate surface area is 141 Å². The number of hydrogen-bond donors (Lipinski definition) is 1. The molecule has 1 aromatic heterocycles. The number of rotatable bonds is 2. The normalized spacial score (nSPS) is 33.1. The lowest BCUT2D eigenvalue weighted by Crippen LogP contribution is -2.50. The summed E-state index contributed by atoms with van der Waals surface area (Å²) in [7, 11) is -4.07. The van der Waals surface area contributed by atoms with Crippen LogP contribution in [0.1, 0.15) is 23.7 Å². The number of piperidine rings is 1. The number of halogens is 3. The van der Waals surface area contributed by atoms with Gasteiger partial charge in [0.25, 0.3) is 5.92 Å². The summed E-state index contributed by atoms with van der Waals surface area (Å²) in [5.74, 6) is -3.97. The Morgan fingerprint density at radius 3 is 2.71 bits per heavy atom. The van der Waals surface area contributed by atoms with Crippen molar-refractivity contribution < 1.29 is 17.2 Å². The number of aromatic amines is 1. The predicted molar refractivity (Wildman–Crippen MR) is 81.3 cm³/mol. The van der Waals surface area contributed by atoms with Gasteiger partial charge in [0, 0.05) is 22.7 Å². The molecule has 1 saturated carbocycles. The zero-order valence-electron chi connectivity index (χ0n) is 12.2. The second-order valence-corrected chi connectivity index (χ2v) is 8.84. The summed E-state index contributed by atoms with van der Waals surface area (Å²) in [6, 6.07) is 5.01. The number of benzene rings is 1. The van der Waals surface area contributed by atoms with Crippen molar-refractivity contribution in [2.75, 3.05) is 0 Å².